The lowest BCUT2D eigenvalue weighted by Crippen LogP contribution is -2.34. The van der Waals surface area contributed by atoms with Crippen LogP contribution in [0, 0.1) is 5.92 Å². The van der Waals surface area contributed by atoms with Gasteiger partial charge in [0.2, 0.25) is 0 Å². The molecule has 0 bridgehead atoms. The number of rotatable bonds is 5. The van der Waals surface area contributed by atoms with E-state index in [1.165, 1.54) is 0 Å². The Labute approximate surface area is 177 Å². The number of esters is 1. The number of carbonyl (C=O) groups excluding carboxylic acids is 2. The van der Waals surface area contributed by atoms with Crippen LogP contribution in [0.25, 0.3) is 0 Å². The van der Waals surface area contributed by atoms with Gasteiger partial charge in [0.15, 0.2) is 5.78 Å². The molecule has 0 fully saturated rings. The highest BCUT2D eigenvalue weighted by molar-refractivity contribution is 9.10. The van der Waals surface area contributed by atoms with Crippen molar-refractivity contribution >= 4 is 27.7 Å². The molecule has 0 aliphatic carbocycles. The van der Waals surface area contributed by atoms with Gasteiger partial charge in [0.1, 0.15) is 17.4 Å². The van der Waals surface area contributed by atoms with Crippen molar-refractivity contribution in [3.8, 4) is 11.5 Å². The van der Waals surface area contributed by atoms with Crippen LogP contribution in [-0.4, -0.2) is 18.4 Å². The van der Waals surface area contributed by atoms with Crippen LogP contribution in [0.2, 0.25) is 0 Å². The van der Waals surface area contributed by atoms with Crippen LogP contribution >= 0.6 is 15.9 Å². The van der Waals surface area contributed by atoms with Gasteiger partial charge in [-0.15, -0.1) is 0 Å². The Morgan fingerprint density at radius 2 is 1.48 bits per heavy atom. The molecule has 0 amide bonds. The maximum Gasteiger partial charge on any atom is 0.317 e. The first kappa shape index (κ1) is 19.4. The molecule has 1 aliphatic rings. The molecular formula is C24H19BrO4. The van der Waals surface area contributed by atoms with Crippen LogP contribution in [-0.2, 0) is 9.53 Å². The standard InChI is InChI=1S/C24H19BrO4/c1-2-28-24(27)22(23(26)15-11-13-16(25)14-12-15)21-17-7-3-5-9-19(17)29-20-10-6-4-8-18(20)21/h3-14,21-22H,2H2,1H3. The van der Waals surface area contributed by atoms with Gasteiger partial charge in [-0.3, -0.25) is 9.59 Å². The first-order valence-electron chi connectivity index (χ1n) is 9.42. The first-order chi connectivity index (χ1) is 14.1. The molecule has 4 nitrogen and oxygen atoms in total. The Morgan fingerprint density at radius 3 is 2.03 bits per heavy atom. The van der Waals surface area contributed by atoms with E-state index >= 15 is 0 Å². The molecular weight excluding hydrogens is 432 g/mol. The van der Waals surface area contributed by atoms with Gasteiger partial charge in [0.25, 0.3) is 0 Å². The molecule has 1 heterocycles. The van der Waals surface area contributed by atoms with Crippen LogP contribution in [0.5, 0.6) is 11.5 Å². The normalized spacial score (nSPS) is 13.6. The predicted molar refractivity (Wildman–Crippen MR) is 113 cm³/mol. The Bertz CT molecular complexity index is 1010. The molecule has 0 aromatic heterocycles. The minimum atomic E-state index is -1.01. The second-order valence-corrected chi connectivity index (χ2v) is 7.67. The highest BCUT2D eigenvalue weighted by Gasteiger charge is 2.42. The number of hydrogen-bond donors (Lipinski definition) is 0. The summed E-state index contributed by atoms with van der Waals surface area (Å²) in [6.45, 7) is 1.94. The maximum atomic E-state index is 13.5. The SMILES string of the molecule is CCOC(=O)C(C(=O)c1ccc(Br)cc1)C1c2ccccc2Oc2ccccc21. The molecule has 4 rings (SSSR count). The largest absolute Gasteiger partial charge is 0.465 e. The van der Waals surface area contributed by atoms with Crippen LogP contribution in [0.3, 0.4) is 0 Å². The Kier molecular flexibility index (Phi) is 5.49. The minimum Gasteiger partial charge on any atom is -0.465 e. The van der Waals surface area contributed by atoms with Crippen molar-refractivity contribution in [2.24, 2.45) is 5.92 Å². The van der Waals surface area contributed by atoms with Gasteiger partial charge in [-0.2, -0.15) is 0 Å². The summed E-state index contributed by atoms with van der Waals surface area (Å²) >= 11 is 3.39. The molecule has 146 valence electrons. The third-order valence-electron chi connectivity index (χ3n) is 5.01. The zero-order valence-corrected chi connectivity index (χ0v) is 17.4. The van der Waals surface area contributed by atoms with Gasteiger partial charge in [0, 0.05) is 27.1 Å². The van der Waals surface area contributed by atoms with Crippen molar-refractivity contribution in [3.63, 3.8) is 0 Å². The summed E-state index contributed by atoms with van der Waals surface area (Å²) in [5, 5.41) is 0. The van der Waals surface area contributed by atoms with E-state index in [0.29, 0.717) is 17.1 Å². The van der Waals surface area contributed by atoms with E-state index in [0.717, 1.165) is 15.6 Å². The zero-order valence-electron chi connectivity index (χ0n) is 15.8. The van der Waals surface area contributed by atoms with E-state index in [4.69, 9.17) is 9.47 Å². The zero-order chi connectivity index (χ0) is 20.4. The number of fused-ring (bicyclic) bond motifs is 2. The van der Waals surface area contributed by atoms with Gasteiger partial charge >= 0.3 is 5.97 Å². The van der Waals surface area contributed by atoms with E-state index in [2.05, 4.69) is 15.9 Å². The quantitative estimate of drug-likeness (QED) is 0.282. The number of ether oxygens (including phenoxy) is 2. The van der Waals surface area contributed by atoms with Gasteiger partial charge in [-0.25, -0.2) is 0 Å². The Hall–Kier alpha value is -2.92. The summed E-state index contributed by atoms with van der Waals surface area (Å²) in [6.07, 6.45) is 0. The van der Waals surface area contributed by atoms with Crippen LogP contribution < -0.4 is 4.74 Å². The van der Waals surface area contributed by atoms with E-state index in [1.54, 1.807) is 31.2 Å². The van der Waals surface area contributed by atoms with Crippen LogP contribution in [0.4, 0.5) is 0 Å². The summed E-state index contributed by atoms with van der Waals surface area (Å²) in [5.41, 5.74) is 2.07. The molecule has 0 spiro atoms. The van der Waals surface area contributed by atoms with E-state index < -0.39 is 17.8 Å². The lowest BCUT2D eigenvalue weighted by atomic mass is 9.75. The number of halogens is 1. The van der Waals surface area contributed by atoms with E-state index in [-0.39, 0.29) is 12.4 Å². The van der Waals surface area contributed by atoms with Crippen molar-refractivity contribution in [1.29, 1.82) is 0 Å². The third-order valence-corrected chi connectivity index (χ3v) is 5.54. The molecule has 5 heteroatoms. The summed E-state index contributed by atoms with van der Waals surface area (Å²) < 4.78 is 12.2. The van der Waals surface area contributed by atoms with Crippen molar-refractivity contribution in [2.75, 3.05) is 6.61 Å². The lowest BCUT2D eigenvalue weighted by molar-refractivity contribution is -0.146. The average molecular weight is 451 g/mol. The summed E-state index contributed by atoms with van der Waals surface area (Å²) in [4.78, 5) is 26.6. The molecule has 1 atom stereocenters. The van der Waals surface area contributed by atoms with Gasteiger partial charge in [-0.1, -0.05) is 64.5 Å². The first-order valence-corrected chi connectivity index (χ1v) is 10.2. The molecule has 0 saturated carbocycles. The van der Waals surface area contributed by atoms with Gasteiger partial charge in [-0.05, 0) is 31.2 Å². The number of carbonyl (C=O) groups is 2. The summed E-state index contributed by atoms with van der Waals surface area (Å²) in [5.74, 6) is -1.01. The van der Waals surface area contributed by atoms with Crippen LogP contribution in [0.1, 0.15) is 34.3 Å². The lowest BCUT2D eigenvalue weighted by Gasteiger charge is -2.32. The molecule has 3 aromatic carbocycles. The maximum absolute atomic E-state index is 13.5. The molecule has 0 N–H and O–H groups in total. The number of ketones is 1. The monoisotopic (exact) mass is 450 g/mol. The van der Waals surface area contributed by atoms with Crippen LogP contribution in [0.15, 0.2) is 77.3 Å². The molecule has 0 saturated heterocycles. The summed E-state index contributed by atoms with van der Waals surface area (Å²) in [7, 11) is 0. The smallest absolute Gasteiger partial charge is 0.317 e. The number of hydrogen-bond acceptors (Lipinski definition) is 4. The number of para-hydroxylation sites is 2. The van der Waals surface area contributed by atoms with E-state index in [1.807, 2.05) is 48.5 Å². The molecule has 1 unspecified atom stereocenters. The fraction of sp³-hybridized carbons (Fsp3) is 0.167. The third kappa shape index (κ3) is 3.70. The summed E-state index contributed by atoms with van der Waals surface area (Å²) in [6, 6.07) is 22.0. The second kappa shape index (κ2) is 8.21. The van der Waals surface area contributed by atoms with Crippen molar-refractivity contribution in [2.45, 2.75) is 12.8 Å². The fourth-order valence-corrected chi connectivity index (χ4v) is 3.99. The highest BCUT2D eigenvalue weighted by Crippen LogP contribution is 2.48. The predicted octanol–water partition coefficient (Wildman–Crippen LogP) is 5.75. The molecule has 29 heavy (non-hydrogen) atoms. The highest BCUT2D eigenvalue weighted by atomic mass is 79.9. The second-order valence-electron chi connectivity index (χ2n) is 6.76. The molecule has 0 radical (unpaired) electrons. The van der Waals surface area contributed by atoms with Crippen molar-refractivity contribution in [3.05, 3.63) is 94.0 Å². The molecule has 1 aliphatic heterocycles. The number of Topliss-reactive ketones (excluding diaryl/α,β-unsaturated/α-hetero) is 1. The van der Waals surface area contributed by atoms with Crippen molar-refractivity contribution < 1.29 is 19.1 Å². The van der Waals surface area contributed by atoms with Gasteiger partial charge in [0.05, 0.1) is 6.61 Å². The minimum absolute atomic E-state index is 0.204. The number of benzene rings is 3. The Balaban J connectivity index is 1.88. The van der Waals surface area contributed by atoms with Gasteiger partial charge < -0.3 is 9.47 Å². The Morgan fingerprint density at radius 1 is 0.931 bits per heavy atom. The van der Waals surface area contributed by atoms with Crippen molar-refractivity contribution in [1.82, 2.24) is 0 Å². The molecule has 3 aromatic rings. The fourth-order valence-electron chi connectivity index (χ4n) is 3.73. The van der Waals surface area contributed by atoms with E-state index in [9.17, 15) is 9.59 Å². The average Bonchev–Trinajstić information content (AvgIpc) is 2.74. The topological polar surface area (TPSA) is 52.6 Å².